The van der Waals surface area contributed by atoms with E-state index in [1.54, 1.807) is 0 Å². The van der Waals surface area contributed by atoms with Gasteiger partial charge in [-0.1, -0.05) is 0 Å². The fraction of sp³-hybridized carbons (Fsp3) is 1.00. The molecule has 0 aromatic rings. The molecule has 0 aliphatic rings. The van der Waals surface area contributed by atoms with E-state index in [0.717, 1.165) is 0 Å². The summed E-state index contributed by atoms with van der Waals surface area (Å²) in [6.07, 6.45) is -21.8. The topological polar surface area (TPSA) is 36.9 Å². The van der Waals surface area contributed by atoms with Gasteiger partial charge in [-0.25, -0.2) is 9.47 Å². The Morgan fingerprint density at radius 2 is 0.850 bits per heavy atom. The highest BCUT2D eigenvalue weighted by molar-refractivity contribution is 4.72. The van der Waals surface area contributed by atoms with E-state index in [2.05, 4.69) is 18.9 Å². The lowest BCUT2D eigenvalue weighted by Crippen LogP contribution is -2.53. The molecular formula is C8H10F8O4. The molecule has 0 amide bonds. The van der Waals surface area contributed by atoms with Crippen LogP contribution in [0.25, 0.3) is 0 Å². The zero-order chi connectivity index (χ0) is 16.2. The van der Waals surface area contributed by atoms with Crippen LogP contribution in [0, 0.1) is 0 Å². The first kappa shape index (κ1) is 19.3. The predicted molar refractivity (Wildman–Crippen MR) is 45.7 cm³/mol. The smallest absolute Gasteiger partial charge is 0.376 e. The summed E-state index contributed by atoms with van der Waals surface area (Å²) in [7, 11) is 1.30. The zero-order valence-corrected chi connectivity index (χ0v) is 10.1. The van der Waals surface area contributed by atoms with Gasteiger partial charge in [0.1, 0.15) is 13.2 Å². The van der Waals surface area contributed by atoms with Gasteiger partial charge in [0.05, 0.1) is 0 Å². The molecule has 0 unspecified atom stereocenters. The third-order valence-electron chi connectivity index (χ3n) is 1.52. The first-order valence-corrected chi connectivity index (χ1v) is 4.68. The molecule has 0 saturated heterocycles. The molecule has 0 heterocycles. The van der Waals surface area contributed by atoms with E-state index in [1.807, 2.05) is 0 Å². The van der Waals surface area contributed by atoms with E-state index in [4.69, 9.17) is 0 Å². The van der Waals surface area contributed by atoms with Crippen LogP contribution in [0.3, 0.4) is 0 Å². The largest absolute Gasteiger partial charge is 0.453 e. The SMILES string of the molecule is COCC(F)(F)OC(F)(F)C(F)(F)OC(F)(F)COC. The minimum absolute atomic E-state index is 0.650. The van der Waals surface area contributed by atoms with Crippen molar-refractivity contribution in [3.05, 3.63) is 0 Å². The highest BCUT2D eigenvalue weighted by Gasteiger charge is 2.67. The maximum absolute atomic E-state index is 12.8. The molecular weight excluding hydrogens is 312 g/mol. The molecule has 0 aliphatic carbocycles. The monoisotopic (exact) mass is 322 g/mol. The van der Waals surface area contributed by atoms with Crippen LogP contribution in [0.1, 0.15) is 0 Å². The number of ether oxygens (including phenoxy) is 4. The fourth-order valence-corrected chi connectivity index (χ4v) is 0.889. The van der Waals surface area contributed by atoms with Crippen LogP contribution in [0.4, 0.5) is 35.1 Å². The highest BCUT2D eigenvalue weighted by atomic mass is 19.3. The Morgan fingerprint density at radius 3 is 1.05 bits per heavy atom. The molecule has 122 valence electrons. The molecule has 12 heteroatoms. The number of hydrogen-bond donors (Lipinski definition) is 0. The van der Waals surface area contributed by atoms with Crippen LogP contribution in [-0.4, -0.2) is 51.9 Å². The summed E-state index contributed by atoms with van der Waals surface area (Å²) in [5.74, 6) is 0. The molecule has 0 aliphatic heterocycles. The second-order valence-corrected chi connectivity index (χ2v) is 3.38. The van der Waals surface area contributed by atoms with Gasteiger partial charge in [-0.2, -0.15) is 35.1 Å². The van der Waals surface area contributed by atoms with Crippen LogP contribution >= 0.6 is 0 Å². The van der Waals surface area contributed by atoms with Crippen molar-refractivity contribution in [2.75, 3.05) is 27.4 Å². The molecule has 0 N–H and O–H groups in total. The van der Waals surface area contributed by atoms with Gasteiger partial charge >= 0.3 is 24.4 Å². The molecule has 4 nitrogen and oxygen atoms in total. The Morgan fingerprint density at radius 1 is 0.600 bits per heavy atom. The number of methoxy groups -OCH3 is 2. The second kappa shape index (κ2) is 6.37. The molecule has 0 aromatic carbocycles. The first-order valence-electron chi connectivity index (χ1n) is 4.68. The Labute approximate surface area is 107 Å². The predicted octanol–water partition coefficient (Wildman–Crippen LogP) is 2.68. The summed E-state index contributed by atoms with van der Waals surface area (Å²) < 4.78 is 114. The van der Waals surface area contributed by atoms with Crippen LogP contribution in [-0.2, 0) is 18.9 Å². The molecule has 0 fully saturated rings. The molecule has 0 aromatic heterocycles. The van der Waals surface area contributed by atoms with Crippen LogP contribution in [0.15, 0.2) is 0 Å². The normalized spacial score (nSPS) is 14.7. The van der Waals surface area contributed by atoms with E-state index in [0.29, 0.717) is 14.2 Å². The van der Waals surface area contributed by atoms with E-state index >= 15 is 0 Å². The van der Waals surface area contributed by atoms with Crippen molar-refractivity contribution in [2.24, 2.45) is 0 Å². The molecule has 0 bridgehead atoms. The summed E-state index contributed by atoms with van der Waals surface area (Å²) in [6, 6.07) is 0. The lowest BCUT2D eigenvalue weighted by atomic mass is 10.5. The van der Waals surface area contributed by atoms with E-state index in [9.17, 15) is 35.1 Å². The summed E-state index contributed by atoms with van der Waals surface area (Å²) >= 11 is 0. The average molecular weight is 322 g/mol. The Hall–Kier alpha value is -0.720. The van der Waals surface area contributed by atoms with Crippen molar-refractivity contribution in [1.29, 1.82) is 0 Å². The van der Waals surface area contributed by atoms with Gasteiger partial charge in [-0.3, -0.25) is 0 Å². The first-order chi connectivity index (χ1) is 8.79. The summed E-state index contributed by atoms with van der Waals surface area (Å²) in [5, 5.41) is 0. The summed E-state index contributed by atoms with van der Waals surface area (Å²) in [5.41, 5.74) is 0. The van der Waals surface area contributed by atoms with Gasteiger partial charge in [0, 0.05) is 14.2 Å². The lowest BCUT2D eigenvalue weighted by molar-refractivity contribution is -0.516. The van der Waals surface area contributed by atoms with E-state index in [-0.39, 0.29) is 0 Å². The van der Waals surface area contributed by atoms with Crippen molar-refractivity contribution >= 4 is 0 Å². The van der Waals surface area contributed by atoms with Crippen molar-refractivity contribution in [3.8, 4) is 0 Å². The molecule has 0 atom stereocenters. The lowest BCUT2D eigenvalue weighted by Gasteiger charge is -2.30. The quantitative estimate of drug-likeness (QED) is 0.612. The minimum Gasteiger partial charge on any atom is -0.376 e. The standard InChI is InChI=1S/C8H10F8O4/c1-17-3-5(9,10)19-7(13,14)8(15,16)20-6(11,12)4-18-2/h3-4H2,1-2H3. The third-order valence-corrected chi connectivity index (χ3v) is 1.52. The summed E-state index contributed by atoms with van der Waals surface area (Å²) in [4.78, 5) is 0. The van der Waals surface area contributed by atoms with Crippen LogP contribution in [0.2, 0.25) is 0 Å². The van der Waals surface area contributed by atoms with Crippen molar-refractivity contribution in [2.45, 2.75) is 24.4 Å². The molecule has 0 rings (SSSR count). The Balaban J connectivity index is 4.97. The van der Waals surface area contributed by atoms with Crippen molar-refractivity contribution in [3.63, 3.8) is 0 Å². The minimum atomic E-state index is -6.04. The third kappa shape index (κ3) is 5.73. The number of hydrogen-bond acceptors (Lipinski definition) is 4. The van der Waals surface area contributed by atoms with Crippen LogP contribution in [0.5, 0.6) is 0 Å². The number of rotatable bonds is 9. The van der Waals surface area contributed by atoms with Gasteiger partial charge in [0.15, 0.2) is 0 Å². The number of halogens is 8. The van der Waals surface area contributed by atoms with Crippen molar-refractivity contribution < 1.29 is 54.1 Å². The average Bonchev–Trinajstić information content (AvgIpc) is 2.12. The molecule has 0 spiro atoms. The van der Waals surface area contributed by atoms with Gasteiger partial charge in [-0.15, -0.1) is 0 Å². The van der Waals surface area contributed by atoms with Crippen molar-refractivity contribution in [1.82, 2.24) is 0 Å². The van der Waals surface area contributed by atoms with Crippen LogP contribution < -0.4 is 0 Å². The Kier molecular flexibility index (Phi) is 6.14. The molecule has 0 saturated carbocycles. The van der Waals surface area contributed by atoms with E-state index < -0.39 is 37.6 Å². The van der Waals surface area contributed by atoms with E-state index in [1.165, 1.54) is 0 Å². The van der Waals surface area contributed by atoms with Gasteiger partial charge in [0.2, 0.25) is 0 Å². The molecule has 20 heavy (non-hydrogen) atoms. The highest BCUT2D eigenvalue weighted by Crippen LogP contribution is 2.43. The van der Waals surface area contributed by atoms with Gasteiger partial charge in [-0.05, 0) is 0 Å². The van der Waals surface area contributed by atoms with Gasteiger partial charge in [0.25, 0.3) is 0 Å². The zero-order valence-electron chi connectivity index (χ0n) is 10.1. The van der Waals surface area contributed by atoms with Gasteiger partial charge < -0.3 is 9.47 Å². The second-order valence-electron chi connectivity index (χ2n) is 3.38. The molecule has 0 radical (unpaired) electrons. The Bertz CT molecular complexity index is 279. The number of alkyl halides is 8. The fourth-order valence-electron chi connectivity index (χ4n) is 0.889. The maximum Gasteiger partial charge on any atom is 0.453 e. The maximum atomic E-state index is 12.8. The summed E-state index contributed by atoms with van der Waals surface area (Å²) in [6.45, 7) is -3.60.